The molecule has 0 fully saturated rings. The van der Waals surface area contributed by atoms with Crippen LogP contribution in [-0.2, 0) is 4.79 Å². The Morgan fingerprint density at radius 1 is 1.31 bits per heavy atom. The number of carbonyl (C=O) groups is 2. The molecule has 0 aliphatic rings. The molecule has 3 N–H and O–H groups in total. The lowest BCUT2D eigenvalue weighted by molar-refractivity contribution is -0.115. The second-order valence-electron chi connectivity index (χ2n) is 4.95. The highest BCUT2D eigenvalue weighted by atomic mass is 32.2. The van der Waals surface area contributed by atoms with Crippen molar-refractivity contribution in [2.45, 2.75) is 18.5 Å². The van der Waals surface area contributed by atoms with Crippen LogP contribution in [0.25, 0.3) is 0 Å². The number of aromatic amines is 1. The van der Waals surface area contributed by atoms with Crippen molar-refractivity contribution in [1.82, 2.24) is 9.97 Å². The van der Waals surface area contributed by atoms with Crippen LogP contribution in [0, 0.1) is 18.2 Å². The molecule has 0 unspecified atom stereocenters. The van der Waals surface area contributed by atoms with Gasteiger partial charge < -0.3 is 10.6 Å². The van der Waals surface area contributed by atoms with E-state index in [9.17, 15) is 18.8 Å². The number of anilines is 2. The van der Waals surface area contributed by atoms with Gasteiger partial charge in [0, 0.05) is 12.0 Å². The smallest absolute Gasteiger partial charge is 0.277 e. The summed E-state index contributed by atoms with van der Waals surface area (Å²) < 4.78 is 13.0. The first-order valence-corrected chi connectivity index (χ1v) is 8.50. The molecule has 26 heavy (non-hydrogen) atoms. The molecular weight excluding hydrogens is 359 g/mol. The van der Waals surface area contributed by atoms with E-state index >= 15 is 0 Å². The second kappa shape index (κ2) is 8.82. The highest BCUT2D eigenvalue weighted by Crippen LogP contribution is 2.20. The van der Waals surface area contributed by atoms with Crippen LogP contribution >= 0.6 is 11.8 Å². The lowest BCUT2D eigenvalue weighted by Crippen LogP contribution is -2.25. The zero-order valence-electron chi connectivity index (χ0n) is 13.8. The third kappa shape index (κ3) is 4.94. The molecule has 1 aromatic carbocycles. The average molecular weight is 374 g/mol. The van der Waals surface area contributed by atoms with Gasteiger partial charge in [-0.1, -0.05) is 24.6 Å². The first-order valence-electron chi connectivity index (χ1n) is 7.52. The van der Waals surface area contributed by atoms with Crippen molar-refractivity contribution < 1.29 is 14.0 Å². The minimum Gasteiger partial charge on any atom is -0.314 e. The number of H-pyrrole nitrogens is 1. The van der Waals surface area contributed by atoms with Gasteiger partial charge >= 0.3 is 0 Å². The van der Waals surface area contributed by atoms with Gasteiger partial charge in [-0.05, 0) is 24.3 Å². The molecular formula is C17H15FN4O3S. The maximum absolute atomic E-state index is 13.0. The Kier molecular flexibility index (Phi) is 6.52. The molecule has 1 heterocycles. The number of hydrogen-bond acceptors (Lipinski definition) is 5. The SMILES string of the molecule is C#CCSc1nc(NC(=O)CC)c(NC(=O)c2ccc(F)cc2)c(=O)[nH]1. The van der Waals surface area contributed by atoms with Crippen molar-refractivity contribution in [3.05, 3.63) is 46.0 Å². The molecule has 2 amide bonds. The molecule has 2 rings (SSSR count). The largest absolute Gasteiger partial charge is 0.314 e. The van der Waals surface area contributed by atoms with E-state index in [2.05, 4.69) is 26.5 Å². The van der Waals surface area contributed by atoms with E-state index in [-0.39, 0.29) is 40.3 Å². The number of aromatic nitrogens is 2. The molecule has 0 saturated heterocycles. The summed E-state index contributed by atoms with van der Waals surface area (Å²) in [6.45, 7) is 1.63. The van der Waals surface area contributed by atoms with Crippen LogP contribution in [0.15, 0.2) is 34.2 Å². The summed E-state index contributed by atoms with van der Waals surface area (Å²) in [4.78, 5) is 42.9. The van der Waals surface area contributed by atoms with Crippen molar-refractivity contribution in [1.29, 1.82) is 0 Å². The van der Waals surface area contributed by atoms with E-state index < -0.39 is 17.3 Å². The van der Waals surface area contributed by atoms with Gasteiger partial charge in [-0.2, -0.15) is 0 Å². The van der Waals surface area contributed by atoms with Crippen molar-refractivity contribution in [2.75, 3.05) is 16.4 Å². The maximum Gasteiger partial charge on any atom is 0.277 e. The third-order valence-electron chi connectivity index (χ3n) is 3.11. The topological polar surface area (TPSA) is 104 Å². The molecule has 0 bridgehead atoms. The number of carbonyl (C=O) groups excluding carboxylic acids is 2. The summed E-state index contributed by atoms with van der Waals surface area (Å²) in [7, 11) is 0. The Hall–Kier alpha value is -3.12. The number of hydrogen-bond donors (Lipinski definition) is 3. The number of terminal acetylenes is 1. The van der Waals surface area contributed by atoms with E-state index in [1.165, 1.54) is 12.1 Å². The normalized spacial score (nSPS) is 10.0. The molecule has 7 nitrogen and oxygen atoms in total. The van der Waals surface area contributed by atoms with Gasteiger partial charge in [-0.3, -0.25) is 19.4 Å². The van der Waals surface area contributed by atoms with Gasteiger partial charge in [0.15, 0.2) is 16.7 Å². The van der Waals surface area contributed by atoms with Gasteiger partial charge in [0.1, 0.15) is 5.82 Å². The fourth-order valence-corrected chi connectivity index (χ4v) is 2.39. The van der Waals surface area contributed by atoms with Crippen molar-refractivity contribution in [2.24, 2.45) is 0 Å². The molecule has 0 radical (unpaired) electrons. The van der Waals surface area contributed by atoms with E-state index in [4.69, 9.17) is 6.42 Å². The zero-order chi connectivity index (χ0) is 19.1. The Bertz CT molecular complexity index is 919. The third-order valence-corrected chi connectivity index (χ3v) is 3.89. The van der Waals surface area contributed by atoms with Crippen LogP contribution < -0.4 is 16.2 Å². The van der Waals surface area contributed by atoms with Crippen LogP contribution in [0.3, 0.4) is 0 Å². The van der Waals surface area contributed by atoms with E-state index in [1.807, 2.05) is 0 Å². The lowest BCUT2D eigenvalue weighted by Gasteiger charge is -2.11. The number of benzene rings is 1. The number of rotatable bonds is 6. The number of halogens is 1. The summed E-state index contributed by atoms with van der Waals surface area (Å²) in [6, 6.07) is 4.79. The van der Waals surface area contributed by atoms with Gasteiger partial charge in [-0.15, -0.1) is 6.42 Å². The Labute approximate surface area is 152 Å². The van der Waals surface area contributed by atoms with Crippen LogP contribution in [0.4, 0.5) is 15.9 Å². The van der Waals surface area contributed by atoms with Gasteiger partial charge in [-0.25, -0.2) is 9.37 Å². The number of nitrogens with zero attached hydrogens (tertiary/aromatic N) is 1. The minimum atomic E-state index is -0.651. The van der Waals surface area contributed by atoms with Gasteiger partial charge in [0.05, 0.1) is 5.75 Å². The van der Waals surface area contributed by atoms with Gasteiger partial charge in [0.25, 0.3) is 11.5 Å². The molecule has 0 spiro atoms. The molecule has 2 aromatic rings. The zero-order valence-corrected chi connectivity index (χ0v) is 14.6. The fourth-order valence-electron chi connectivity index (χ4n) is 1.84. The quantitative estimate of drug-likeness (QED) is 0.409. The number of thioether (sulfide) groups is 1. The molecule has 0 aliphatic carbocycles. The Morgan fingerprint density at radius 3 is 2.62 bits per heavy atom. The van der Waals surface area contributed by atoms with Crippen molar-refractivity contribution in [3.8, 4) is 12.3 Å². The molecule has 134 valence electrons. The van der Waals surface area contributed by atoms with E-state index in [1.54, 1.807) is 6.92 Å². The molecule has 9 heteroatoms. The fraction of sp³-hybridized carbons (Fsp3) is 0.176. The highest BCUT2D eigenvalue weighted by Gasteiger charge is 2.17. The predicted octanol–water partition coefficient (Wildman–Crippen LogP) is 2.24. The number of nitrogens with one attached hydrogen (secondary N) is 3. The van der Waals surface area contributed by atoms with Crippen molar-refractivity contribution >= 4 is 35.1 Å². The monoisotopic (exact) mass is 374 g/mol. The van der Waals surface area contributed by atoms with Crippen LogP contribution in [0.5, 0.6) is 0 Å². The minimum absolute atomic E-state index is 0.0874. The number of amides is 2. The Morgan fingerprint density at radius 2 is 2.00 bits per heavy atom. The Balaban J connectivity index is 2.37. The first kappa shape index (κ1) is 19.2. The summed E-state index contributed by atoms with van der Waals surface area (Å²) >= 11 is 1.10. The second-order valence-corrected chi connectivity index (χ2v) is 5.91. The van der Waals surface area contributed by atoms with E-state index in [0.717, 1.165) is 23.9 Å². The summed E-state index contributed by atoms with van der Waals surface area (Å²) in [5.41, 5.74) is -0.725. The summed E-state index contributed by atoms with van der Waals surface area (Å²) in [5, 5.41) is 5.08. The lowest BCUT2D eigenvalue weighted by atomic mass is 10.2. The van der Waals surface area contributed by atoms with Crippen LogP contribution in [0.1, 0.15) is 23.7 Å². The molecule has 0 atom stereocenters. The van der Waals surface area contributed by atoms with Crippen LogP contribution in [-0.4, -0.2) is 27.5 Å². The predicted molar refractivity (Wildman–Crippen MR) is 97.7 cm³/mol. The molecule has 0 aliphatic heterocycles. The molecule has 1 aromatic heterocycles. The van der Waals surface area contributed by atoms with E-state index in [0.29, 0.717) is 0 Å². The summed E-state index contributed by atoms with van der Waals surface area (Å²) in [6.07, 6.45) is 5.34. The van der Waals surface area contributed by atoms with Gasteiger partial charge in [0.2, 0.25) is 5.91 Å². The highest BCUT2D eigenvalue weighted by molar-refractivity contribution is 7.99. The first-order chi connectivity index (χ1) is 12.4. The van der Waals surface area contributed by atoms with Crippen molar-refractivity contribution in [3.63, 3.8) is 0 Å². The van der Waals surface area contributed by atoms with Crippen LogP contribution in [0.2, 0.25) is 0 Å². The maximum atomic E-state index is 13.0. The summed E-state index contributed by atoms with van der Waals surface area (Å²) in [5.74, 6) is 1.06. The standard InChI is InChI=1S/C17H15FN4O3S/c1-3-9-26-17-21-14(19-12(23)4-2)13(16(25)22-17)20-15(24)10-5-7-11(18)8-6-10/h1,5-8H,4,9H2,2H3,(H,20,24)(H2,19,21,22,23,25). The average Bonchev–Trinajstić information content (AvgIpc) is 2.63. The molecule has 0 saturated carbocycles.